The Morgan fingerprint density at radius 2 is 1.93 bits per heavy atom. The number of benzene rings is 2. The third-order valence-electron chi connectivity index (χ3n) is 4.39. The molecule has 1 atom stereocenters. The van der Waals surface area contributed by atoms with Gasteiger partial charge in [0.05, 0.1) is 27.7 Å². The smallest absolute Gasteiger partial charge is 0.276 e. The molecule has 1 aliphatic heterocycles. The predicted molar refractivity (Wildman–Crippen MR) is 116 cm³/mol. The Morgan fingerprint density at radius 3 is 2.66 bits per heavy atom. The van der Waals surface area contributed by atoms with Gasteiger partial charge in [-0.3, -0.25) is 10.2 Å². The fourth-order valence-electron chi connectivity index (χ4n) is 2.97. The standard InChI is InChI=1S/C19H15Cl3N6O/c1-23-12-3-5-13(21)15(9-12)25-18-17(27-7-6-24-10-27)19(29)28(26-18)16-8-11(20)2-4-14(16)22/h2-10,17,23H,1H3,(H,25,26). The van der Waals surface area contributed by atoms with E-state index >= 15 is 0 Å². The third-order valence-corrected chi connectivity index (χ3v) is 5.26. The lowest BCUT2D eigenvalue weighted by molar-refractivity contribution is -0.119. The Morgan fingerprint density at radius 1 is 1.14 bits per heavy atom. The number of aliphatic imine (C=N–C) groups is 1. The first kappa shape index (κ1) is 19.6. The summed E-state index contributed by atoms with van der Waals surface area (Å²) in [6.07, 6.45) is 4.83. The van der Waals surface area contributed by atoms with Crippen LogP contribution >= 0.6 is 34.8 Å². The summed E-state index contributed by atoms with van der Waals surface area (Å²) in [5.41, 5.74) is 4.82. The molecular formula is C19H15Cl3N6O. The van der Waals surface area contributed by atoms with Crippen LogP contribution in [0.2, 0.25) is 15.1 Å². The SMILES string of the molecule is CNc1ccc(Cl)c(N=C2NN(c3cc(Cl)ccc3Cl)C(=O)C2n2ccnc2)c1. The molecule has 1 saturated heterocycles. The summed E-state index contributed by atoms with van der Waals surface area (Å²) in [5, 5.41) is 5.65. The summed E-state index contributed by atoms with van der Waals surface area (Å²) in [4.78, 5) is 21.9. The molecule has 7 nitrogen and oxygen atoms in total. The molecule has 2 N–H and O–H groups in total. The van der Waals surface area contributed by atoms with Crippen LogP contribution in [0, 0.1) is 0 Å². The van der Waals surface area contributed by atoms with E-state index in [1.807, 2.05) is 6.07 Å². The van der Waals surface area contributed by atoms with E-state index in [4.69, 9.17) is 34.8 Å². The van der Waals surface area contributed by atoms with Crippen LogP contribution in [0.3, 0.4) is 0 Å². The van der Waals surface area contributed by atoms with Gasteiger partial charge in [-0.2, -0.15) is 0 Å². The summed E-state index contributed by atoms with van der Waals surface area (Å²) in [6.45, 7) is 0. The zero-order valence-corrected chi connectivity index (χ0v) is 17.4. The highest BCUT2D eigenvalue weighted by Gasteiger charge is 2.40. The van der Waals surface area contributed by atoms with Gasteiger partial charge in [0.25, 0.3) is 5.91 Å². The number of rotatable bonds is 4. The van der Waals surface area contributed by atoms with Crippen LogP contribution in [0.1, 0.15) is 6.04 Å². The molecule has 1 amide bonds. The van der Waals surface area contributed by atoms with Gasteiger partial charge in [-0.25, -0.2) is 15.0 Å². The van der Waals surface area contributed by atoms with Crippen molar-refractivity contribution in [2.75, 3.05) is 17.4 Å². The lowest BCUT2D eigenvalue weighted by Crippen LogP contribution is -2.36. The lowest BCUT2D eigenvalue weighted by Gasteiger charge is -2.17. The number of anilines is 2. The number of nitrogens with zero attached hydrogens (tertiary/aromatic N) is 4. The normalized spacial score (nSPS) is 17.7. The molecule has 0 saturated carbocycles. The minimum absolute atomic E-state index is 0.285. The highest BCUT2D eigenvalue weighted by molar-refractivity contribution is 6.36. The summed E-state index contributed by atoms with van der Waals surface area (Å²) in [7, 11) is 1.80. The van der Waals surface area contributed by atoms with Crippen LogP contribution in [-0.4, -0.2) is 28.3 Å². The van der Waals surface area contributed by atoms with Crippen molar-refractivity contribution in [3.05, 3.63) is 70.2 Å². The van der Waals surface area contributed by atoms with Crippen molar-refractivity contribution in [2.24, 2.45) is 4.99 Å². The second-order valence-electron chi connectivity index (χ2n) is 6.21. The van der Waals surface area contributed by atoms with Gasteiger partial charge in [0, 0.05) is 30.2 Å². The van der Waals surface area contributed by atoms with Crippen molar-refractivity contribution in [1.82, 2.24) is 15.0 Å². The Hall–Kier alpha value is -2.74. The fourth-order valence-corrected chi connectivity index (χ4v) is 3.50. The molecule has 2 heterocycles. The van der Waals surface area contributed by atoms with Gasteiger partial charge in [-0.1, -0.05) is 34.8 Å². The molecule has 10 heteroatoms. The number of imidazole rings is 1. The number of amidine groups is 1. The average Bonchev–Trinajstić information content (AvgIpc) is 3.33. The number of carbonyl (C=O) groups is 1. The topological polar surface area (TPSA) is 74.6 Å². The van der Waals surface area contributed by atoms with Crippen LogP contribution in [0.4, 0.5) is 17.1 Å². The van der Waals surface area contributed by atoms with Gasteiger partial charge in [-0.05, 0) is 36.4 Å². The van der Waals surface area contributed by atoms with E-state index < -0.39 is 6.04 Å². The van der Waals surface area contributed by atoms with Crippen molar-refractivity contribution in [3.8, 4) is 0 Å². The Kier molecular flexibility index (Phi) is 5.36. The summed E-state index contributed by atoms with van der Waals surface area (Å²) >= 11 is 18.7. The highest BCUT2D eigenvalue weighted by atomic mass is 35.5. The third kappa shape index (κ3) is 3.76. The van der Waals surface area contributed by atoms with E-state index in [0.29, 0.717) is 32.3 Å². The summed E-state index contributed by atoms with van der Waals surface area (Å²) < 4.78 is 1.66. The molecule has 0 bridgehead atoms. The molecule has 148 valence electrons. The van der Waals surface area contributed by atoms with Gasteiger partial charge in [0.15, 0.2) is 11.9 Å². The molecule has 3 aromatic rings. The Labute approximate surface area is 181 Å². The van der Waals surface area contributed by atoms with Crippen molar-refractivity contribution < 1.29 is 4.79 Å². The molecule has 0 spiro atoms. The van der Waals surface area contributed by atoms with Crippen LogP contribution < -0.4 is 15.8 Å². The zero-order valence-electron chi connectivity index (χ0n) is 15.1. The molecule has 1 aromatic heterocycles. The molecular weight excluding hydrogens is 435 g/mol. The van der Waals surface area contributed by atoms with Gasteiger partial charge in [0.1, 0.15) is 0 Å². The van der Waals surface area contributed by atoms with E-state index in [-0.39, 0.29) is 5.91 Å². The average molecular weight is 450 g/mol. The highest BCUT2D eigenvalue weighted by Crippen LogP contribution is 2.34. The predicted octanol–water partition coefficient (Wildman–Crippen LogP) is 4.71. The van der Waals surface area contributed by atoms with Crippen molar-refractivity contribution in [1.29, 1.82) is 0 Å². The second-order valence-corrected chi connectivity index (χ2v) is 7.46. The maximum Gasteiger partial charge on any atom is 0.276 e. The summed E-state index contributed by atoms with van der Waals surface area (Å²) in [5.74, 6) is 0.0889. The minimum atomic E-state index is -0.762. The molecule has 1 aliphatic rings. The molecule has 4 rings (SSSR count). The van der Waals surface area contributed by atoms with E-state index in [1.165, 1.54) is 5.01 Å². The molecule has 0 aliphatic carbocycles. The maximum absolute atomic E-state index is 13.3. The van der Waals surface area contributed by atoms with Crippen LogP contribution in [0.15, 0.2) is 60.1 Å². The van der Waals surface area contributed by atoms with Gasteiger partial charge in [-0.15, -0.1) is 0 Å². The molecule has 1 fully saturated rings. The summed E-state index contributed by atoms with van der Waals surface area (Å²) in [6, 6.07) is 9.49. The molecule has 0 radical (unpaired) electrons. The second kappa shape index (κ2) is 7.94. The number of hydrogen-bond acceptors (Lipinski definition) is 4. The number of aromatic nitrogens is 2. The number of nitrogens with one attached hydrogen (secondary N) is 2. The minimum Gasteiger partial charge on any atom is -0.388 e. The van der Waals surface area contributed by atoms with E-state index in [2.05, 4.69) is 20.7 Å². The monoisotopic (exact) mass is 448 g/mol. The lowest BCUT2D eigenvalue weighted by atomic mass is 10.2. The molecule has 2 aromatic carbocycles. The number of hydrazine groups is 1. The van der Waals surface area contributed by atoms with Crippen LogP contribution in [-0.2, 0) is 4.79 Å². The Balaban J connectivity index is 1.81. The number of hydrogen-bond donors (Lipinski definition) is 2. The van der Waals surface area contributed by atoms with Crippen molar-refractivity contribution in [2.45, 2.75) is 6.04 Å². The largest absolute Gasteiger partial charge is 0.388 e. The van der Waals surface area contributed by atoms with Gasteiger partial charge in [0.2, 0.25) is 0 Å². The number of carbonyl (C=O) groups excluding carboxylic acids is 1. The Bertz CT molecular complexity index is 1100. The van der Waals surface area contributed by atoms with Gasteiger partial charge < -0.3 is 9.88 Å². The maximum atomic E-state index is 13.3. The van der Waals surface area contributed by atoms with Crippen LogP contribution in [0.5, 0.6) is 0 Å². The fraction of sp³-hybridized carbons (Fsp3) is 0.105. The first-order chi connectivity index (χ1) is 14.0. The van der Waals surface area contributed by atoms with Crippen molar-refractivity contribution >= 4 is 63.6 Å². The molecule has 1 unspecified atom stereocenters. The van der Waals surface area contributed by atoms with E-state index in [0.717, 1.165) is 5.69 Å². The van der Waals surface area contributed by atoms with E-state index in [9.17, 15) is 4.79 Å². The first-order valence-corrected chi connectivity index (χ1v) is 9.70. The first-order valence-electron chi connectivity index (χ1n) is 8.57. The van der Waals surface area contributed by atoms with Crippen molar-refractivity contribution in [3.63, 3.8) is 0 Å². The number of amides is 1. The number of halogens is 3. The zero-order chi connectivity index (χ0) is 20.5. The molecule has 29 heavy (non-hydrogen) atoms. The van der Waals surface area contributed by atoms with Gasteiger partial charge >= 0.3 is 0 Å². The van der Waals surface area contributed by atoms with E-state index in [1.54, 1.807) is 60.7 Å². The quantitative estimate of drug-likeness (QED) is 0.605. The van der Waals surface area contributed by atoms with Crippen LogP contribution in [0.25, 0.3) is 0 Å².